The predicted octanol–water partition coefficient (Wildman–Crippen LogP) is 3.41. The number of benzene rings is 1. The summed E-state index contributed by atoms with van der Waals surface area (Å²) >= 11 is 7.78. The average molecular weight is 277 g/mol. The van der Waals surface area contributed by atoms with E-state index in [-0.39, 0.29) is 0 Å². The molecule has 4 nitrogen and oxygen atoms in total. The van der Waals surface area contributed by atoms with Gasteiger partial charge >= 0.3 is 0 Å². The molecule has 4 rings (SSSR count). The smallest absolute Gasteiger partial charge is 0.229 e. The molecule has 0 saturated heterocycles. The molecular formula is C12H9ClN4S. The van der Waals surface area contributed by atoms with Gasteiger partial charge in [0.15, 0.2) is 0 Å². The van der Waals surface area contributed by atoms with Crippen LogP contribution in [0.3, 0.4) is 0 Å². The van der Waals surface area contributed by atoms with Crippen molar-refractivity contribution in [2.75, 3.05) is 0 Å². The van der Waals surface area contributed by atoms with Gasteiger partial charge in [-0.3, -0.25) is 4.57 Å². The van der Waals surface area contributed by atoms with Gasteiger partial charge in [0.2, 0.25) is 5.28 Å². The first-order valence-electron chi connectivity index (χ1n) is 5.77. The van der Waals surface area contributed by atoms with Crippen molar-refractivity contribution in [1.29, 1.82) is 0 Å². The number of aromatic nitrogens is 4. The second kappa shape index (κ2) is 3.76. The molecule has 1 fully saturated rings. The van der Waals surface area contributed by atoms with Gasteiger partial charge < -0.3 is 0 Å². The highest BCUT2D eigenvalue weighted by atomic mass is 35.5. The van der Waals surface area contributed by atoms with E-state index in [1.807, 2.05) is 22.2 Å². The van der Waals surface area contributed by atoms with Crippen molar-refractivity contribution < 1.29 is 0 Å². The van der Waals surface area contributed by atoms with Crippen LogP contribution in [0, 0.1) is 0 Å². The third-order valence-corrected chi connectivity index (χ3v) is 4.20. The molecule has 1 saturated carbocycles. The van der Waals surface area contributed by atoms with E-state index in [4.69, 9.17) is 11.6 Å². The largest absolute Gasteiger partial charge is 0.269 e. The summed E-state index contributed by atoms with van der Waals surface area (Å²) in [6, 6.07) is 6.12. The molecule has 0 spiro atoms. The number of thiazole rings is 1. The van der Waals surface area contributed by atoms with Crippen LogP contribution in [0.1, 0.15) is 24.6 Å². The minimum absolute atomic E-state index is 0.431. The summed E-state index contributed by atoms with van der Waals surface area (Å²) < 4.78 is 3.09. The van der Waals surface area contributed by atoms with Crippen molar-refractivity contribution in [3.63, 3.8) is 0 Å². The van der Waals surface area contributed by atoms with Crippen molar-refractivity contribution in [3.05, 3.63) is 34.8 Å². The highest BCUT2D eigenvalue weighted by Gasteiger charge is 2.30. The Bertz CT molecular complexity index is 729. The van der Waals surface area contributed by atoms with Crippen LogP contribution in [0.2, 0.25) is 5.28 Å². The molecule has 1 aromatic carbocycles. The molecule has 90 valence electrons. The molecule has 0 aliphatic heterocycles. The molecule has 2 heterocycles. The maximum Gasteiger partial charge on any atom is 0.229 e. The Balaban J connectivity index is 1.92. The van der Waals surface area contributed by atoms with E-state index in [9.17, 15) is 0 Å². The van der Waals surface area contributed by atoms with Crippen LogP contribution in [0.25, 0.3) is 15.9 Å². The van der Waals surface area contributed by atoms with Crippen LogP contribution < -0.4 is 0 Å². The minimum atomic E-state index is 0.431. The van der Waals surface area contributed by atoms with Crippen molar-refractivity contribution in [2.24, 2.45) is 0 Å². The van der Waals surface area contributed by atoms with Crippen LogP contribution >= 0.6 is 22.9 Å². The fraction of sp³-hybridized carbons (Fsp3) is 0.250. The average Bonchev–Trinajstić information content (AvgIpc) is 2.99. The third kappa shape index (κ3) is 1.54. The van der Waals surface area contributed by atoms with E-state index in [1.54, 1.807) is 11.3 Å². The Kier molecular flexibility index (Phi) is 2.19. The van der Waals surface area contributed by atoms with Gasteiger partial charge in [0, 0.05) is 5.92 Å². The summed E-state index contributed by atoms with van der Waals surface area (Å²) in [7, 11) is 0. The molecule has 0 atom stereocenters. The molecule has 1 aliphatic carbocycles. The van der Waals surface area contributed by atoms with Crippen LogP contribution in [0.15, 0.2) is 23.7 Å². The maximum atomic E-state index is 6.15. The lowest BCUT2D eigenvalue weighted by molar-refractivity contribution is 0.872. The van der Waals surface area contributed by atoms with Crippen molar-refractivity contribution in [1.82, 2.24) is 19.7 Å². The Morgan fingerprint density at radius 1 is 1.28 bits per heavy atom. The summed E-state index contributed by atoms with van der Waals surface area (Å²) in [5.74, 6) is 1.49. The molecule has 0 radical (unpaired) electrons. The summed E-state index contributed by atoms with van der Waals surface area (Å²) in [6.07, 6.45) is 2.36. The Hall–Kier alpha value is -1.46. The summed E-state index contributed by atoms with van der Waals surface area (Å²) in [5, 5.41) is 8.61. The first-order chi connectivity index (χ1) is 8.83. The molecule has 6 heteroatoms. The van der Waals surface area contributed by atoms with E-state index in [1.165, 1.54) is 12.8 Å². The lowest BCUT2D eigenvalue weighted by Crippen LogP contribution is -1.99. The molecule has 18 heavy (non-hydrogen) atoms. The third-order valence-electron chi connectivity index (χ3n) is 3.16. The van der Waals surface area contributed by atoms with Crippen LogP contribution in [0.4, 0.5) is 0 Å². The van der Waals surface area contributed by atoms with Gasteiger partial charge in [-0.25, -0.2) is 4.98 Å². The molecular weight excluding hydrogens is 268 g/mol. The van der Waals surface area contributed by atoms with E-state index in [2.05, 4.69) is 21.2 Å². The maximum absolute atomic E-state index is 6.15. The molecule has 1 aliphatic rings. The highest BCUT2D eigenvalue weighted by Crippen LogP contribution is 2.40. The highest BCUT2D eigenvalue weighted by molar-refractivity contribution is 7.16. The lowest BCUT2D eigenvalue weighted by Gasteiger charge is -2.06. The molecule has 2 aromatic heterocycles. The van der Waals surface area contributed by atoms with Gasteiger partial charge in [0.25, 0.3) is 0 Å². The quantitative estimate of drug-likeness (QED) is 0.720. The van der Waals surface area contributed by atoms with E-state index in [0.717, 1.165) is 21.7 Å². The molecule has 3 aromatic rings. The van der Waals surface area contributed by atoms with Gasteiger partial charge in [-0.2, -0.15) is 0 Å². The fourth-order valence-electron chi connectivity index (χ4n) is 2.10. The van der Waals surface area contributed by atoms with Gasteiger partial charge in [0.05, 0.1) is 21.4 Å². The zero-order valence-electron chi connectivity index (χ0n) is 9.38. The fourth-order valence-corrected chi connectivity index (χ4v) is 3.04. The predicted molar refractivity (Wildman–Crippen MR) is 71.5 cm³/mol. The van der Waals surface area contributed by atoms with Crippen molar-refractivity contribution in [3.8, 4) is 5.69 Å². The van der Waals surface area contributed by atoms with Crippen LogP contribution in [-0.4, -0.2) is 19.7 Å². The van der Waals surface area contributed by atoms with Gasteiger partial charge in [0.1, 0.15) is 5.82 Å². The first-order valence-corrected chi connectivity index (χ1v) is 7.03. The number of fused-ring (bicyclic) bond motifs is 1. The SMILES string of the molecule is Clc1nnc(C2CC2)n1-c1ccc2ncsc2c1. The summed E-state index contributed by atoms with van der Waals surface area (Å²) in [4.78, 5) is 4.28. The van der Waals surface area contributed by atoms with Gasteiger partial charge in [-0.05, 0) is 42.6 Å². The van der Waals surface area contributed by atoms with E-state index in [0.29, 0.717) is 11.2 Å². The topological polar surface area (TPSA) is 43.6 Å². The van der Waals surface area contributed by atoms with E-state index < -0.39 is 0 Å². The lowest BCUT2D eigenvalue weighted by atomic mass is 10.3. The van der Waals surface area contributed by atoms with Crippen molar-refractivity contribution in [2.45, 2.75) is 18.8 Å². The molecule has 0 bridgehead atoms. The zero-order valence-corrected chi connectivity index (χ0v) is 10.9. The standard InChI is InChI=1S/C12H9ClN4S/c13-12-16-15-11(7-1-2-7)17(12)8-3-4-9-10(5-8)18-6-14-9/h3-7H,1-2H2. The number of nitrogens with zero attached hydrogens (tertiary/aromatic N) is 4. The minimum Gasteiger partial charge on any atom is -0.269 e. The Morgan fingerprint density at radius 3 is 3.00 bits per heavy atom. The summed E-state index contributed by atoms with van der Waals surface area (Å²) in [6.45, 7) is 0. The number of hydrogen-bond acceptors (Lipinski definition) is 4. The van der Waals surface area contributed by atoms with Crippen LogP contribution in [0.5, 0.6) is 0 Å². The number of halogens is 1. The second-order valence-electron chi connectivity index (χ2n) is 4.44. The normalized spacial score (nSPS) is 15.4. The zero-order chi connectivity index (χ0) is 12.1. The first kappa shape index (κ1) is 10.5. The van der Waals surface area contributed by atoms with Gasteiger partial charge in [-0.15, -0.1) is 21.5 Å². The monoisotopic (exact) mass is 276 g/mol. The van der Waals surface area contributed by atoms with E-state index >= 15 is 0 Å². The number of hydrogen-bond donors (Lipinski definition) is 0. The van der Waals surface area contributed by atoms with Crippen LogP contribution in [-0.2, 0) is 0 Å². The Morgan fingerprint density at radius 2 is 2.17 bits per heavy atom. The number of rotatable bonds is 2. The molecule has 0 unspecified atom stereocenters. The Labute approximate surface area is 112 Å². The second-order valence-corrected chi connectivity index (χ2v) is 5.67. The molecule has 0 N–H and O–H groups in total. The van der Waals surface area contributed by atoms with Crippen molar-refractivity contribution >= 4 is 33.2 Å². The summed E-state index contributed by atoms with van der Waals surface area (Å²) in [5.41, 5.74) is 3.88. The molecule has 0 amide bonds. The van der Waals surface area contributed by atoms with Gasteiger partial charge in [-0.1, -0.05) is 0 Å².